The van der Waals surface area contributed by atoms with Crippen LogP contribution >= 0.6 is 12.4 Å². The van der Waals surface area contributed by atoms with Gasteiger partial charge in [-0.1, -0.05) is 0 Å². The molecule has 2 rings (SSSR count). The maximum atomic E-state index is 5.44. The van der Waals surface area contributed by atoms with E-state index in [-0.39, 0.29) is 12.4 Å². The largest absolute Gasteiger partial charge is 0.382 e. The van der Waals surface area contributed by atoms with E-state index in [1.54, 1.807) is 18.5 Å². The van der Waals surface area contributed by atoms with Gasteiger partial charge in [-0.15, -0.1) is 12.4 Å². The van der Waals surface area contributed by atoms with Crippen LogP contribution in [-0.4, -0.2) is 20.4 Å². The number of nitrogens with one attached hydrogen (secondary N) is 1. The van der Waals surface area contributed by atoms with Crippen molar-refractivity contribution in [2.45, 2.75) is 0 Å². The number of halogens is 1. The van der Waals surface area contributed by atoms with E-state index in [4.69, 9.17) is 5.73 Å². The van der Waals surface area contributed by atoms with E-state index in [0.29, 0.717) is 5.82 Å². The highest BCUT2D eigenvalue weighted by Gasteiger charge is 1.99. The number of aromatic amines is 1. The molecule has 0 spiro atoms. The third-order valence-corrected chi connectivity index (χ3v) is 1.49. The highest BCUT2D eigenvalue weighted by atomic mass is 35.5. The van der Waals surface area contributed by atoms with Gasteiger partial charge in [0, 0.05) is 11.6 Å². The molecule has 0 saturated heterocycles. The minimum atomic E-state index is 0. The lowest BCUT2D eigenvalue weighted by molar-refractivity contribution is 1.03. The molecule has 13 heavy (non-hydrogen) atoms. The van der Waals surface area contributed by atoms with Crippen LogP contribution in [-0.2, 0) is 0 Å². The Labute approximate surface area is 80.8 Å². The van der Waals surface area contributed by atoms with E-state index in [9.17, 15) is 0 Å². The second-order valence-corrected chi connectivity index (χ2v) is 2.34. The number of rotatable bonds is 1. The first-order valence-corrected chi connectivity index (χ1v) is 3.44. The van der Waals surface area contributed by atoms with Gasteiger partial charge in [-0.3, -0.25) is 5.10 Å². The number of nitrogens with zero attached hydrogens (tertiary/aromatic N) is 3. The average Bonchev–Trinajstić information content (AvgIpc) is 2.54. The maximum Gasteiger partial charge on any atom is 0.145 e. The van der Waals surface area contributed by atoms with Gasteiger partial charge >= 0.3 is 0 Å². The number of anilines is 1. The summed E-state index contributed by atoms with van der Waals surface area (Å²) in [5.41, 5.74) is 7.21. The lowest BCUT2D eigenvalue weighted by Gasteiger charge is -1.91. The summed E-state index contributed by atoms with van der Waals surface area (Å²) in [4.78, 5) is 0. The summed E-state index contributed by atoms with van der Waals surface area (Å²) in [6.07, 6.45) is 3.26. The molecule has 0 atom stereocenters. The van der Waals surface area contributed by atoms with Gasteiger partial charge in [0.15, 0.2) is 0 Å². The molecule has 2 aromatic rings. The summed E-state index contributed by atoms with van der Waals surface area (Å²) in [6, 6.07) is 3.58. The third kappa shape index (κ3) is 1.94. The first-order valence-electron chi connectivity index (χ1n) is 3.44. The third-order valence-electron chi connectivity index (χ3n) is 1.49. The molecule has 68 valence electrons. The number of nitrogens with two attached hydrogens (primary N) is 1. The van der Waals surface area contributed by atoms with Crippen molar-refractivity contribution >= 4 is 18.2 Å². The molecule has 0 amide bonds. The number of hydrogen-bond acceptors (Lipinski definition) is 4. The van der Waals surface area contributed by atoms with Crippen LogP contribution in [0.3, 0.4) is 0 Å². The summed E-state index contributed by atoms with van der Waals surface area (Å²) in [5, 5.41) is 14.0. The molecule has 0 aliphatic carbocycles. The first kappa shape index (κ1) is 9.47. The monoisotopic (exact) mass is 197 g/mol. The van der Waals surface area contributed by atoms with Crippen molar-refractivity contribution in [2.24, 2.45) is 0 Å². The highest BCUT2D eigenvalue weighted by molar-refractivity contribution is 5.85. The Morgan fingerprint density at radius 3 is 2.69 bits per heavy atom. The number of H-pyrrole nitrogens is 1. The molecule has 5 nitrogen and oxygen atoms in total. The summed E-state index contributed by atoms with van der Waals surface area (Å²) in [5.74, 6) is 0.474. The van der Waals surface area contributed by atoms with Crippen LogP contribution in [0.4, 0.5) is 5.82 Å². The normalized spacial score (nSPS) is 9.23. The predicted molar refractivity (Wildman–Crippen MR) is 51.3 cm³/mol. The Morgan fingerprint density at radius 1 is 1.31 bits per heavy atom. The van der Waals surface area contributed by atoms with Gasteiger partial charge < -0.3 is 5.73 Å². The van der Waals surface area contributed by atoms with Gasteiger partial charge in [0.1, 0.15) is 5.82 Å². The van der Waals surface area contributed by atoms with Crippen LogP contribution in [0.25, 0.3) is 11.3 Å². The Kier molecular flexibility index (Phi) is 2.81. The molecule has 0 aromatic carbocycles. The molecule has 0 aliphatic heterocycles. The SMILES string of the molecule is Cl.Nc1cc(-c2ccnnc2)[nH]n1. The number of nitrogen functional groups attached to an aromatic ring is 1. The minimum Gasteiger partial charge on any atom is -0.382 e. The molecule has 2 aromatic heterocycles. The minimum absolute atomic E-state index is 0. The lowest BCUT2D eigenvalue weighted by atomic mass is 10.2. The van der Waals surface area contributed by atoms with Gasteiger partial charge in [-0.25, -0.2) is 0 Å². The molecule has 0 fully saturated rings. The number of aromatic nitrogens is 4. The molecule has 6 heteroatoms. The zero-order valence-corrected chi connectivity index (χ0v) is 7.45. The van der Waals surface area contributed by atoms with E-state index >= 15 is 0 Å². The van der Waals surface area contributed by atoms with Gasteiger partial charge in [0.05, 0.1) is 18.1 Å². The van der Waals surface area contributed by atoms with Crippen molar-refractivity contribution in [2.75, 3.05) is 5.73 Å². The molecule has 0 radical (unpaired) electrons. The van der Waals surface area contributed by atoms with Crippen molar-refractivity contribution in [3.8, 4) is 11.3 Å². The second-order valence-electron chi connectivity index (χ2n) is 2.34. The molecular weight excluding hydrogens is 190 g/mol. The van der Waals surface area contributed by atoms with Crippen molar-refractivity contribution in [3.05, 3.63) is 24.5 Å². The van der Waals surface area contributed by atoms with E-state index in [0.717, 1.165) is 11.3 Å². The maximum absolute atomic E-state index is 5.44. The van der Waals surface area contributed by atoms with E-state index in [1.165, 1.54) is 0 Å². The van der Waals surface area contributed by atoms with Crippen molar-refractivity contribution in [1.82, 2.24) is 20.4 Å². The Morgan fingerprint density at radius 2 is 2.15 bits per heavy atom. The summed E-state index contributed by atoms with van der Waals surface area (Å²) in [7, 11) is 0. The quantitative estimate of drug-likeness (QED) is 0.711. The molecule has 2 heterocycles. The fraction of sp³-hybridized carbons (Fsp3) is 0. The van der Waals surface area contributed by atoms with Crippen LogP contribution in [0, 0.1) is 0 Å². The number of hydrogen-bond donors (Lipinski definition) is 2. The van der Waals surface area contributed by atoms with Crippen LogP contribution in [0.15, 0.2) is 24.5 Å². The summed E-state index contributed by atoms with van der Waals surface area (Å²) < 4.78 is 0. The molecular formula is C7H8ClN5. The molecule has 0 saturated carbocycles. The van der Waals surface area contributed by atoms with Crippen LogP contribution in [0.2, 0.25) is 0 Å². The molecule has 0 unspecified atom stereocenters. The summed E-state index contributed by atoms with van der Waals surface area (Å²) >= 11 is 0. The van der Waals surface area contributed by atoms with Gasteiger partial charge in [-0.05, 0) is 6.07 Å². The standard InChI is InChI=1S/C7H7N5.ClH/c8-7-3-6(11-12-7)5-1-2-9-10-4-5;/h1-4H,(H3,8,11,12);1H. The first-order chi connectivity index (χ1) is 5.86. The highest BCUT2D eigenvalue weighted by Crippen LogP contribution is 2.15. The smallest absolute Gasteiger partial charge is 0.145 e. The van der Waals surface area contributed by atoms with Crippen LogP contribution in [0.1, 0.15) is 0 Å². The zero-order chi connectivity index (χ0) is 8.39. The zero-order valence-electron chi connectivity index (χ0n) is 6.64. The fourth-order valence-electron chi connectivity index (χ4n) is 0.935. The van der Waals surface area contributed by atoms with E-state index < -0.39 is 0 Å². The van der Waals surface area contributed by atoms with E-state index in [1.807, 2.05) is 6.07 Å². The molecule has 3 N–H and O–H groups in total. The summed E-state index contributed by atoms with van der Waals surface area (Å²) in [6.45, 7) is 0. The van der Waals surface area contributed by atoms with Crippen LogP contribution in [0.5, 0.6) is 0 Å². The second kappa shape index (κ2) is 3.86. The van der Waals surface area contributed by atoms with Gasteiger partial charge in [-0.2, -0.15) is 15.3 Å². The van der Waals surface area contributed by atoms with Crippen molar-refractivity contribution in [1.29, 1.82) is 0 Å². The Bertz CT molecular complexity index is 371. The van der Waals surface area contributed by atoms with E-state index in [2.05, 4.69) is 20.4 Å². The Hall–Kier alpha value is -1.62. The molecule has 0 aliphatic rings. The predicted octanol–water partition coefficient (Wildman–Crippen LogP) is 0.871. The Balaban J connectivity index is 0.000000845. The van der Waals surface area contributed by atoms with Crippen LogP contribution < -0.4 is 5.73 Å². The average molecular weight is 198 g/mol. The van der Waals surface area contributed by atoms with Gasteiger partial charge in [0.2, 0.25) is 0 Å². The topological polar surface area (TPSA) is 80.5 Å². The lowest BCUT2D eigenvalue weighted by Crippen LogP contribution is -1.81. The van der Waals surface area contributed by atoms with Gasteiger partial charge in [0.25, 0.3) is 0 Å². The van der Waals surface area contributed by atoms with Crippen molar-refractivity contribution < 1.29 is 0 Å². The fourth-order valence-corrected chi connectivity index (χ4v) is 0.935. The van der Waals surface area contributed by atoms with Crippen molar-refractivity contribution in [3.63, 3.8) is 0 Å². The molecule has 0 bridgehead atoms.